The average molecular weight is 221 g/mol. The Bertz CT molecular complexity index is 490. The van der Waals surface area contributed by atoms with Crippen molar-refractivity contribution in [3.8, 4) is 0 Å². The highest BCUT2D eigenvalue weighted by Gasteiger charge is 2.14. The van der Waals surface area contributed by atoms with Crippen molar-refractivity contribution in [1.29, 1.82) is 0 Å². The van der Waals surface area contributed by atoms with Crippen LogP contribution < -0.4 is 5.32 Å². The van der Waals surface area contributed by atoms with E-state index in [1.807, 2.05) is 0 Å². The molecule has 0 saturated carbocycles. The topological polar surface area (TPSA) is 83.6 Å². The molecule has 0 spiro atoms. The minimum absolute atomic E-state index is 0.123. The van der Waals surface area contributed by atoms with Gasteiger partial charge in [0.1, 0.15) is 5.82 Å². The number of aromatic amines is 1. The second kappa shape index (κ2) is 4.05. The number of rotatable bonds is 2. The molecule has 2 aromatic rings. The highest BCUT2D eigenvalue weighted by atomic mass is 19.1. The van der Waals surface area contributed by atoms with Crippen molar-refractivity contribution in [2.24, 2.45) is 0 Å². The number of amides is 1. The standard InChI is InChI=1S/C9H8FN5O/c1-5-3-2-4-6(10)7(5)11-9(16)8-12-14-15-13-8/h2-4H,1H3,(H,11,16)(H,12,13,14,15). The number of H-pyrrole nitrogens is 1. The summed E-state index contributed by atoms with van der Waals surface area (Å²) in [6, 6.07) is 4.52. The summed E-state index contributed by atoms with van der Waals surface area (Å²) in [5, 5.41) is 14.7. The number of anilines is 1. The second-order valence-corrected chi connectivity index (χ2v) is 3.12. The molecule has 6 nitrogen and oxygen atoms in total. The molecular weight excluding hydrogens is 213 g/mol. The number of hydrogen-bond donors (Lipinski definition) is 2. The van der Waals surface area contributed by atoms with Gasteiger partial charge in [0.05, 0.1) is 5.69 Å². The number of carbonyl (C=O) groups is 1. The van der Waals surface area contributed by atoms with Crippen LogP contribution in [0.25, 0.3) is 0 Å². The van der Waals surface area contributed by atoms with Crippen LogP contribution in [0.15, 0.2) is 18.2 Å². The van der Waals surface area contributed by atoms with Gasteiger partial charge >= 0.3 is 0 Å². The quantitative estimate of drug-likeness (QED) is 0.789. The number of carbonyl (C=O) groups excluding carboxylic acids is 1. The van der Waals surface area contributed by atoms with Crippen molar-refractivity contribution >= 4 is 11.6 Å². The number of tetrazole rings is 1. The Kier molecular flexibility index (Phi) is 2.59. The first-order chi connectivity index (χ1) is 7.68. The molecule has 0 unspecified atom stereocenters. The lowest BCUT2D eigenvalue weighted by atomic mass is 10.2. The molecule has 0 radical (unpaired) electrons. The fourth-order valence-electron chi connectivity index (χ4n) is 1.22. The fraction of sp³-hybridized carbons (Fsp3) is 0.111. The molecule has 2 rings (SSSR count). The fourth-order valence-corrected chi connectivity index (χ4v) is 1.22. The summed E-state index contributed by atoms with van der Waals surface area (Å²) >= 11 is 0. The number of nitrogens with one attached hydrogen (secondary N) is 2. The predicted octanol–water partition coefficient (Wildman–Crippen LogP) is 0.900. The third kappa shape index (κ3) is 1.88. The maximum absolute atomic E-state index is 13.4. The second-order valence-electron chi connectivity index (χ2n) is 3.12. The van der Waals surface area contributed by atoms with Gasteiger partial charge in [0.2, 0.25) is 0 Å². The van der Waals surface area contributed by atoms with E-state index in [2.05, 4.69) is 25.9 Å². The zero-order chi connectivity index (χ0) is 11.5. The molecule has 0 fully saturated rings. The number of aryl methyl sites for hydroxylation is 1. The van der Waals surface area contributed by atoms with Crippen LogP contribution >= 0.6 is 0 Å². The van der Waals surface area contributed by atoms with Crippen LogP contribution in [0.4, 0.5) is 10.1 Å². The molecule has 82 valence electrons. The van der Waals surface area contributed by atoms with Gasteiger partial charge in [-0.05, 0) is 23.8 Å². The monoisotopic (exact) mass is 221 g/mol. The average Bonchev–Trinajstić information content (AvgIpc) is 2.76. The zero-order valence-corrected chi connectivity index (χ0v) is 8.36. The van der Waals surface area contributed by atoms with Crippen molar-refractivity contribution in [2.75, 3.05) is 5.32 Å². The summed E-state index contributed by atoms with van der Waals surface area (Å²) in [4.78, 5) is 11.5. The minimum Gasteiger partial charge on any atom is -0.316 e. The van der Waals surface area contributed by atoms with E-state index in [1.54, 1.807) is 19.1 Å². The smallest absolute Gasteiger partial charge is 0.297 e. The lowest BCUT2D eigenvalue weighted by Crippen LogP contribution is -2.15. The van der Waals surface area contributed by atoms with Crippen molar-refractivity contribution < 1.29 is 9.18 Å². The molecular formula is C9H8FN5O. The summed E-state index contributed by atoms with van der Waals surface area (Å²) in [5.41, 5.74) is 0.745. The summed E-state index contributed by atoms with van der Waals surface area (Å²) in [5.74, 6) is -1.25. The molecule has 1 heterocycles. The largest absolute Gasteiger partial charge is 0.316 e. The van der Waals surface area contributed by atoms with Gasteiger partial charge in [-0.2, -0.15) is 5.21 Å². The molecule has 7 heteroatoms. The van der Waals surface area contributed by atoms with Crippen molar-refractivity contribution in [1.82, 2.24) is 20.6 Å². The third-order valence-electron chi connectivity index (χ3n) is 2.01. The maximum atomic E-state index is 13.4. The van der Waals surface area contributed by atoms with Crippen LogP contribution in [0.2, 0.25) is 0 Å². The summed E-state index contributed by atoms with van der Waals surface area (Å²) in [6.07, 6.45) is 0. The molecule has 1 aromatic carbocycles. The Morgan fingerprint density at radius 1 is 1.50 bits per heavy atom. The first-order valence-electron chi connectivity index (χ1n) is 4.48. The number of benzene rings is 1. The summed E-state index contributed by atoms with van der Waals surface area (Å²) in [6.45, 7) is 1.69. The molecule has 0 atom stereocenters. The Labute approximate surface area is 89.9 Å². The number of nitrogens with zero attached hydrogens (tertiary/aromatic N) is 3. The molecule has 0 aliphatic carbocycles. The Balaban J connectivity index is 2.25. The molecule has 2 N–H and O–H groups in total. The van der Waals surface area contributed by atoms with Gasteiger partial charge < -0.3 is 5.32 Å². The lowest BCUT2D eigenvalue weighted by molar-refractivity contribution is 0.101. The predicted molar refractivity (Wildman–Crippen MR) is 53.3 cm³/mol. The first-order valence-corrected chi connectivity index (χ1v) is 4.48. The Morgan fingerprint density at radius 3 is 2.94 bits per heavy atom. The van der Waals surface area contributed by atoms with Crippen LogP contribution in [-0.2, 0) is 0 Å². The van der Waals surface area contributed by atoms with Crippen molar-refractivity contribution in [2.45, 2.75) is 6.92 Å². The van der Waals surface area contributed by atoms with E-state index in [1.165, 1.54) is 6.07 Å². The van der Waals surface area contributed by atoms with Gasteiger partial charge in [0.25, 0.3) is 11.7 Å². The van der Waals surface area contributed by atoms with Crippen molar-refractivity contribution in [3.05, 3.63) is 35.4 Å². The number of hydrogen-bond acceptors (Lipinski definition) is 4. The Hall–Kier alpha value is -2.31. The van der Waals surface area contributed by atoms with E-state index in [9.17, 15) is 9.18 Å². The van der Waals surface area contributed by atoms with Gasteiger partial charge in [-0.1, -0.05) is 12.1 Å². The van der Waals surface area contributed by atoms with Crippen LogP contribution in [0.3, 0.4) is 0 Å². The highest BCUT2D eigenvalue weighted by molar-refractivity contribution is 6.01. The first kappa shape index (κ1) is 10.2. The zero-order valence-electron chi connectivity index (χ0n) is 8.36. The van der Waals surface area contributed by atoms with Gasteiger partial charge in [-0.15, -0.1) is 10.2 Å². The van der Waals surface area contributed by atoms with E-state index in [4.69, 9.17) is 0 Å². The molecule has 0 aliphatic rings. The van der Waals surface area contributed by atoms with E-state index in [-0.39, 0.29) is 11.5 Å². The molecule has 0 bridgehead atoms. The van der Waals surface area contributed by atoms with E-state index < -0.39 is 11.7 Å². The van der Waals surface area contributed by atoms with Crippen LogP contribution in [-0.4, -0.2) is 26.5 Å². The summed E-state index contributed by atoms with van der Waals surface area (Å²) in [7, 11) is 0. The van der Waals surface area contributed by atoms with Gasteiger partial charge in [0, 0.05) is 0 Å². The third-order valence-corrected chi connectivity index (χ3v) is 2.01. The Morgan fingerprint density at radius 2 is 2.31 bits per heavy atom. The number of para-hydroxylation sites is 1. The molecule has 0 saturated heterocycles. The minimum atomic E-state index is -0.609. The highest BCUT2D eigenvalue weighted by Crippen LogP contribution is 2.18. The molecule has 1 amide bonds. The normalized spacial score (nSPS) is 10.1. The lowest BCUT2D eigenvalue weighted by Gasteiger charge is -2.06. The van der Waals surface area contributed by atoms with Gasteiger partial charge in [-0.3, -0.25) is 4.79 Å². The maximum Gasteiger partial charge on any atom is 0.297 e. The molecule has 1 aromatic heterocycles. The molecule has 0 aliphatic heterocycles. The van der Waals surface area contributed by atoms with Crippen molar-refractivity contribution in [3.63, 3.8) is 0 Å². The van der Waals surface area contributed by atoms with Gasteiger partial charge in [-0.25, -0.2) is 4.39 Å². The summed E-state index contributed by atoms with van der Waals surface area (Å²) < 4.78 is 13.4. The van der Waals surface area contributed by atoms with E-state index in [0.717, 1.165) is 0 Å². The van der Waals surface area contributed by atoms with Crippen LogP contribution in [0.1, 0.15) is 16.2 Å². The van der Waals surface area contributed by atoms with E-state index in [0.29, 0.717) is 5.56 Å². The molecule has 16 heavy (non-hydrogen) atoms. The van der Waals surface area contributed by atoms with E-state index >= 15 is 0 Å². The van der Waals surface area contributed by atoms with Gasteiger partial charge in [0.15, 0.2) is 0 Å². The number of halogens is 1. The SMILES string of the molecule is Cc1cccc(F)c1NC(=O)c1nn[nH]n1. The van der Waals surface area contributed by atoms with Crippen LogP contribution in [0.5, 0.6) is 0 Å². The number of aromatic nitrogens is 4. The van der Waals surface area contributed by atoms with Crippen LogP contribution in [0, 0.1) is 12.7 Å².